The maximum Gasteiger partial charge on any atom is 0.122 e. The first kappa shape index (κ1) is 17.0. The quantitative estimate of drug-likeness (QED) is 0.417. The molecule has 0 bridgehead atoms. The van der Waals surface area contributed by atoms with Crippen molar-refractivity contribution in [1.29, 1.82) is 0 Å². The van der Waals surface area contributed by atoms with E-state index < -0.39 is 16.0 Å². The minimum Gasteiger partial charge on any atom is -0.503 e. The molecule has 22 heavy (non-hydrogen) atoms. The van der Waals surface area contributed by atoms with Crippen molar-refractivity contribution in [1.82, 2.24) is 0 Å². The second-order valence-electron chi connectivity index (χ2n) is 6.22. The number of hydrogen-bond donors (Lipinski definition) is 0. The topological polar surface area (TPSA) is 9.23 Å². The third kappa shape index (κ3) is 4.56. The van der Waals surface area contributed by atoms with Crippen molar-refractivity contribution < 1.29 is 4.74 Å². The summed E-state index contributed by atoms with van der Waals surface area (Å²) < 4.78 is 6.02. The number of rotatable bonds is 6. The molecule has 0 saturated heterocycles. The molecular formula is C19H25OPSi. The zero-order valence-corrected chi connectivity index (χ0v) is 15.8. The fourth-order valence-electron chi connectivity index (χ4n) is 2.20. The first-order valence-electron chi connectivity index (χ1n) is 7.77. The van der Waals surface area contributed by atoms with Crippen molar-refractivity contribution in [2.75, 3.05) is 6.61 Å². The molecule has 3 heteroatoms. The molecule has 0 saturated carbocycles. The van der Waals surface area contributed by atoms with Crippen molar-refractivity contribution in [3.63, 3.8) is 0 Å². The zero-order valence-electron chi connectivity index (χ0n) is 13.9. The van der Waals surface area contributed by atoms with Crippen molar-refractivity contribution >= 4 is 26.6 Å². The van der Waals surface area contributed by atoms with Crippen LogP contribution in [0, 0.1) is 0 Å². The van der Waals surface area contributed by atoms with Gasteiger partial charge in [0.1, 0.15) is 8.07 Å². The van der Waals surface area contributed by atoms with Crippen LogP contribution in [-0.4, -0.2) is 14.7 Å². The van der Waals surface area contributed by atoms with Gasteiger partial charge >= 0.3 is 0 Å². The van der Waals surface area contributed by atoms with E-state index in [1.807, 2.05) is 0 Å². The van der Waals surface area contributed by atoms with Crippen LogP contribution >= 0.6 is 7.92 Å². The second-order valence-corrected chi connectivity index (χ2v) is 13.2. The molecule has 0 aromatic heterocycles. The second kappa shape index (κ2) is 7.76. The minimum atomic E-state index is -1.48. The molecule has 0 spiro atoms. The van der Waals surface area contributed by atoms with E-state index in [0.717, 1.165) is 6.61 Å². The Kier molecular flexibility index (Phi) is 5.99. The number of ether oxygens (including phenoxy) is 1. The van der Waals surface area contributed by atoms with Gasteiger partial charge in [-0.2, -0.15) is 0 Å². The Morgan fingerprint density at radius 3 is 1.73 bits per heavy atom. The molecule has 2 rings (SSSR count). The van der Waals surface area contributed by atoms with Gasteiger partial charge in [0, 0.05) is 0 Å². The van der Waals surface area contributed by atoms with Gasteiger partial charge in [-0.05, 0) is 31.3 Å². The summed E-state index contributed by atoms with van der Waals surface area (Å²) in [4.78, 5) is 0. The number of benzene rings is 2. The van der Waals surface area contributed by atoms with Crippen molar-refractivity contribution in [2.45, 2.75) is 26.6 Å². The van der Waals surface area contributed by atoms with Crippen LogP contribution < -0.4 is 10.6 Å². The maximum atomic E-state index is 6.02. The predicted molar refractivity (Wildman–Crippen MR) is 102 cm³/mol. The first-order chi connectivity index (χ1) is 10.5. The summed E-state index contributed by atoms with van der Waals surface area (Å²) in [6.45, 7) is 9.85. The highest BCUT2D eigenvalue weighted by Gasteiger charge is 2.24. The summed E-state index contributed by atoms with van der Waals surface area (Å²) in [7, 11) is -2.00. The van der Waals surface area contributed by atoms with Gasteiger partial charge in [-0.1, -0.05) is 80.3 Å². The Morgan fingerprint density at radius 2 is 1.36 bits per heavy atom. The fourth-order valence-corrected chi connectivity index (χ4v) is 6.60. The lowest BCUT2D eigenvalue weighted by Gasteiger charge is -2.24. The van der Waals surface area contributed by atoms with Gasteiger partial charge in [0.05, 0.1) is 12.0 Å². The molecule has 0 unspecified atom stereocenters. The Labute approximate surface area is 136 Å². The van der Waals surface area contributed by atoms with Gasteiger partial charge in [0.2, 0.25) is 0 Å². The van der Waals surface area contributed by atoms with Crippen molar-refractivity contribution in [3.05, 3.63) is 71.9 Å². The van der Waals surface area contributed by atoms with Crippen LogP contribution in [0.4, 0.5) is 0 Å². The predicted octanol–water partition coefficient (Wildman–Crippen LogP) is 4.87. The summed E-state index contributed by atoms with van der Waals surface area (Å²) in [6, 6.07) is 21.5. The van der Waals surface area contributed by atoms with Crippen LogP contribution in [0.2, 0.25) is 19.6 Å². The minimum absolute atomic E-state index is 0.518. The molecule has 2 aromatic rings. The molecule has 116 valence electrons. The fraction of sp³-hybridized carbons (Fsp3) is 0.263. The number of hydrogen-bond acceptors (Lipinski definition) is 1. The summed E-state index contributed by atoms with van der Waals surface area (Å²) in [6.07, 6.45) is 0. The Balaban J connectivity index is 2.49. The van der Waals surface area contributed by atoms with E-state index in [1.165, 1.54) is 16.0 Å². The van der Waals surface area contributed by atoms with E-state index in [1.54, 1.807) is 0 Å². The smallest absolute Gasteiger partial charge is 0.122 e. The molecule has 0 aliphatic rings. The molecule has 0 aliphatic carbocycles. The van der Waals surface area contributed by atoms with Crippen LogP contribution in [0.15, 0.2) is 71.9 Å². The van der Waals surface area contributed by atoms with E-state index >= 15 is 0 Å². The standard InChI is InChI=1S/C19H25OPSi/c1-5-20-19(22(2,3)4)16-21(17-12-8-6-9-13-17)18-14-10-7-11-15-18/h6-16H,5H2,1-4H3/b19-16+. The maximum absolute atomic E-state index is 6.02. The zero-order chi connectivity index (χ0) is 16.0. The van der Waals surface area contributed by atoms with Gasteiger partial charge in [-0.25, -0.2) is 0 Å². The SMILES string of the molecule is CCO/C(=C\P(c1ccccc1)c1ccccc1)[Si](C)(C)C. The van der Waals surface area contributed by atoms with E-state index in [0.29, 0.717) is 0 Å². The van der Waals surface area contributed by atoms with Gasteiger partial charge in [0.25, 0.3) is 0 Å². The largest absolute Gasteiger partial charge is 0.503 e. The molecular weight excluding hydrogens is 303 g/mol. The monoisotopic (exact) mass is 328 g/mol. The lowest BCUT2D eigenvalue weighted by atomic mass is 10.4. The van der Waals surface area contributed by atoms with Crippen molar-refractivity contribution in [3.8, 4) is 0 Å². The van der Waals surface area contributed by atoms with E-state index in [9.17, 15) is 0 Å². The van der Waals surface area contributed by atoms with Gasteiger partial charge in [-0.3, -0.25) is 0 Å². The van der Waals surface area contributed by atoms with Crippen LogP contribution in [0.5, 0.6) is 0 Å². The Hall–Kier alpha value is -1.37. The molecule has 0 N–H and O–H groups in total. The average molecular weight is 328 g/mol. The van der Waals surface area contributed by atoms with Gasteiger partial charge in [-0.15, -0.1) is 0 Å². The normalized spacial score (nSPS) is 12.5. The molecule has 2 aromatic carbocycles. The average Bonchev–Trinajstić information content (AvgIpc) is 2.52. The summed E-state index contributed by atoms with van der Waals surface area (Å²) in [5.74, 6) is 2.40. The molecule has 1 nitrogen and oxygen atoms in total. The van der Waals surface area contributed by atoms with Crippen LogP contribution in [-0.2, 0) is 4.74 Å². The summed E-state index contributed by atoms with van der Waals surface area (Å²) >= 11 is 0. The van der Waals surface area contributed by atoms with Crippen molar-refractivity contribution in [2.24, 2.45) is 0 Å². The molecule has 0 aliphatic heterocycles. The summed E-state index contributed by atoms with van der Waals surface area (Å²) in [5, 5.41) is 3.96. The first-order valence-corrected chi connectivity index (χ1v) is 12.7. The highest BCUT2D eigenvalue weighted by Crippen LogP contribution is 2.38. The molecule has 0 radical (unpaired) electrons. The molecule has 0 heterocycles. The van der Waals surface area contributed by atoms with Crippen LogP contribution in [0.25, 0.3) is 0 Å². The lowest BCUT2D eigenvalue weighted by molar-refractivity contribution is 0.251. The highest BCUT2D eigenvalue weighted by molar-refractivity contribution is 7.75. The van der Waals surface area contributed by atoms with Gasteiger partial charge < -0.3 is 4.74 Å². The van der Waals surface area contributed by atoms with E-state index in [-0.39, 0.29) is 0 Å². The molecule has 0 atom stereocenters. The Bertz CT molecular complexity index is 563. The highest BCUT2D eigenvalue weighted by atomic mass is 31.1. The Morgan fingerprint density at radius 1 is 0.909 bits per heavy atom. The third-order valence-corrected chi connectivity index (χ3v) is 7.57. The van der Waals surface area contributed by atoms with Crippen LogP contribution in [0.3, 0.4) is 0 Å². The lowest BCUT2D eigenvalue weighted by Crippen LogP contribution is -2.26. The van der Waals surface area contributed by atoms with Crippen LogP contribution in [0.1, 0.15) is 6.92 Å². The molecule has 0 fully saturated rings. The van der Waals surface area contributed by atoms with Gasteiger partial charge in [0.15, 0.2) is 0 Å². The van der Waals surface area contributed by atoms with E-state index in [4.69, 9.17) is 4.74 Å². The van der Waals surface area contributed by atoms with E-state index in [2.05, 4.69) is 93.0 Å². The summed E-state index contributed by atoms with van der Waals surface area (Å²) in [5.41, 5.74) is 0. The third-order valence-electron chi connectivity index (χ3n) is 3.35. The molecule has 0 amide bonds.